The van der Waals surface area contributed by atoms with Crippen molar-refractivity contribution in [3.05, 3.63) is 54.1 Å². The predicted octanol–water partition coefficient (Wildman–Crippen LogP) is 1.96. The average Bonchev–Trinajstić information content (AvgIpc) is 3.46. The van der Waals surface area contributed by atoms with Crippen molar-refractivity contribution in [1.29, 1.82) is 0 Å². The minimum absolute atomic E-state index is 0.0925. The molecule has 1 saturated carbocycles. The topological polar surface area (TPSA) is 66.6 Å². The van der Waals surface area contributed by atoms with Gasteiger partial charge in [-0.2, -0.15) is 0 Å². The van der Waals surface area contributed by atoms with Gasteiger partial charge in [-0.15, -0.1) is 10.2 Å². The second-order valence-electron chi connectivity index (χ2n) is 6.92. The number of carbonyl (C=O) groups excluding carboxylic acids is 1. The predicted molar refractivity (Wildman–Crippen MR) is 97.3 cm³/mol. The fourth-order valence-electron chi connectivity index (χ4n) is 3.56. The van der Waals surface area contributed by atoms with Gasteiger partial charge in [0.1, 0.15) is 5.82 Å². The normalized spacial score (nSPS) is 17.7. The van der Waals surface area contributed by atoms with Gasteiger partial charge in [0.2, 0.25) is 5.65 Å². The van der Waals surface area contributed by atoms with Crippen molar-refractivity contribution in [2.75, 3.05) is 31.1 Å². The Labute approximate surface area is 151 Å². The minimum atomic E-state index is 0.0925. The fraction of sp³-hybridized carbons (Fsp3) is 0.368. The fourth-order valence-corrected chi connectivity index (χ4v) is 3.56. The van der Waals surface area contributed by atoms with Crippen molar-refractivity contribution < 1.29 is 4.79 Å². The average molecular weight is 348 g/mol. The van der Waals surface area contributed by atoms with Crippen molar-refractivity contribution in [3.63, 3.8) is 0 Å². The highest BCUT2D eigenvalue weighted by molar-refractivity contribution is 5.94. The van der Waals surface area contributed by atoms with Gasteiger partial charge in [0.15, 0.2) is 5.82 Å². The molecule has 132 valence electrons. The number of benzene rings is 1. The highest BCUT2D eigenvalue weighted by Crippen LogP contribution is 2.39. The molecule has 26 heavy (non-hydrogen) atoms. The van der Waals surface area contributed by atoms with Crippen LogP contribution in [0.5, 0.6) is 0 Å². The molecule has 0 radical (unpaired) electrons. The lowest BCUT2D eigenvalue weighted by Gasteiger charge is -2.35. The number of anilines is 1. The van der Waals surface area contributed by atoms with Crippen LogP contribution in [0.25, 0.3) is 5.65 Å². The number of rotatable bonds is 3. The number of fused-ring (bicyclic) bond motifs is 1. The van der Waals surface area contributed by atoms with Gasteiger partial charge < -0.3 is 9.80 Å². The first kappa shape index (κ1) is 15.3. The van der Waals surface area contributed by atoms with Crippen LogP contribution in [0.3, 0.4) is 0 Å². The molecule has 2 aliphatic rings. The van der Waals surface area contributed by atoms with E-state index in [-0.39, 0.29) is 5.91 Å². The summed E-state index contributed by atoms with van der Waals surface area (Å²) in [6.45, 7) is 2.86. The molecule has 3 aromatic rings. The van der Waals surface area contributed by atoms with Gasteiger partial charge in [0, 0.05) is 50.1 Å². The Balaban J connectivity index is 1.34. The zero-order valence-corrected chi connectivity index (χ0v) is 14.5. The summed E-state index contributed by atoms with van der Waals surface area (Å²) in [7, 11) is 0. The molecule has 0 unspecified atom stereocenters. The van der Waals surface area contributed by atoms with Crippen LogP contribution in [0.1, 0.15) is 34.9 Å². The van der Waals surface area contributed by atoms with Crippen LogP contribution in [0.4, 0.5) is 5.82 Å². The number of piperazine rings is 1. The maximum Gasteiger partial charge on any atom is 0.253 e. The number of carbonyl (C=O) groups is 1. The molecular weight excluding hydrogens is 328 g/mol. The largest absolute Gasteiger partial charge is 0.350 e. The molecule has 0 atom stereocenters. The van der Waals surface area contributed by atoms with Gasteiger partial charge in [0.25, 0.3) is 5.91 Å². The number of hydrogen-bond donors (Lipinski definition) is 0. The van der Waals surface area contributed by atoms with Gasteiger partial charge in [-0.3, -0.25) is 9.20 Å². The Kier molecular flexibility index (Phi) is 3.58. The van der Waals surface area contributed by atoms with E-state index >= 15 is 0 Å². The van der Waals surface area contributed by atoms with Crippen molar-refractivity contribution in [2.45, 2.75) is 18.8 Å². The SMILES string of the molecule is O=C(c1ccccc1)N1CCN(c2nccn3c(C4CC4)nnc23)CC1. The van der Waals surface area contributed by atoms with E-state index in [4.69, 9.17) is 0 Å². The van der Waals surface area contributed by atoms with Gasteiger partial charge >= 0.3 is 0 Å². The van der Waals surface area contributed by atoms with Crippen LogP contribution >= 0.6 is 0 Å². The van der Waals surface area contributed by atoms with Crippen LogP contribution in [0, 0.1) is 0 Å². The molecule has 3 heterocycles. The third kappa shape index (κ3) is 2.60. The van der Waals surface area contributed by atoms with Crippen molar-refractivity contribution in [1.82, 2.24) is 24.5 Å². The third-order valence-electron chi connectivity index (χ3n) is 5.16. The molecule has 7 nitrogen and oxygen atoms in total. The van der Waals surface area contributed by atoms with Crippen LogP contribution in [-0.4, -0.2) is 56.6 Å². The lowest BCUT2D eigenvalue weighted by molar-refractivity contribution is 0.0746. The van der Waals surface area contributed by atoms with Crippen LogP contribution < -0.4 is 4.90 Å². The number of nitrogens with zero attached hydrogens (tertiary/aromatic N) is 6. The van der Waals surface area contributed by atoms with E-state index in [1.54, 1.807) is 0 Å². The quantitative estimate of drug-likeness (QED) is 0.724. The van der Waals surface area contributed by atoms with Crippen molar-refractivity contribution >= 4 is 17.4 Å². The lowest BCUT2D eigenvalue weighted by Crippen LogP contribution is -2.49. The highest BCUT2D eigenvalue weighted by atomic mass is 16.2. The molecule has 0 bridgehead atoms. The molecule has 1 amide bonds. The molecule has 1 aliphatic carbocycles. The van der Waals surface area contributed by atoms with E-state index in [9.17, 15) is 4.79 Å². The molecule has 1 aromatic carbocycles. The van der Waals surface area contributed by atoms with E-state index in [0.29, 0.717) is 19.0 Å². The Morgan fingerprint density at radius 2 is 1.77 bits per heavy atom. The first-order chi connectivity index (χ1) is 12.8. The Bertz CT molecular complexity index is 941. The zero-order valence-electron chi connectivity index (χ0n) is 14.5. The number of aromatic nitrogens is 4. The number of amides is 1. The van der Waals surface area contributed by atoms with Gasteiger partial charge in [0.05, 0.1) is 0 Å². The van der Waals surface area contributed by atoms with Crippen molar-refractivity contribution in [2.24, 2.45) is 0 Å². The minimum Gasteiger partial charge on any atom is -0.350 e. The first-order valence-electron chi connectivity index (χ1n) is 9.10. The molecular formula is C19H20N6O. The second-order valence-corrected chi connectivity index (χ2v) is 6.92. The van der Waals surface area contributed by atoms with Crippen molar-refractivity contribution in [3.8, 4) is 0 Å². The first-order valence-corrected chi connectivity index (χ1v) is 9.10. The molecule has 1 aliphatic heterocycles. The molecule has 7 heteroatoms. The van der Waals surface area contributed by atoms with Gasteiger partial charge in [-0.05, 0) is 25.0 Å². The van der Waals surface area contributed by atoms with Gasteiger partial charge in [-0.25, -0.2) is 4.98 Å². The molecule has 1 saturated heterocycles. The van der Waals surface area contributed by atoms with E-state index in [2.05, 4.69) is 24.5 Å². The maximum absolute atomic E-state index is 12.6. The van der Waals surface area contributed by atoms with E-state index < -0.39 is 0 Å². The molecule has 0 spiro atoms. The molecule has 5 rings (SSSR count). The smallest absolute Gasteiger partial charge is 0.253 e. The third-order valence-corrected chi connectivity index (χ3v) is 5.16. The Hall–Kier alpha value is -2.96. The molecule has 2 fully saturated rings. The zero-order chi connectivity index (χ0) is 17.5. The van der Waals surface area contributed by atoms with Crippen LogP contribution in [0.15, 0.2) is 42.7 Å². The summed E-state index contributed by atoms with van der Waals surface area (Å²) in [5.41, 5.74) is 1.56. The van der Waals surface area contributed by atoms with Crippen LogP contribution in [-0.2, 0) is 0 Å². The van der Waals surface area contributed by atoms with Gasteiger partial charge in [-0.1, -0.05) is 18.2 Å². The van der Waals surface area contributed by atoms with E-state index in [1.807, 2.05) is 47.6 Å². The maximum atomic E-state index is 12.6. The summed E-state index contributed by atoms with van der Waals surface area (Å²) in [4.78, 5) is 21.3. The standard InChI is InChI=1S/C19H20N6O/c26-19(15-4-2-1-3-5-15)24-12-10-23(11-13-24)17-18-22-21-16(14-6-7-14)25(18)9-8-20-17/h1-5,8-9,14H,6-7,10-13H2. The summed E-state index contributed by atoms with van der Waals surface area (Å²) in [5.74, 6) is 2.54. The number of hydrogen-bond acceptors (Lipinski definition) is 5. The Morgan fingerprint density at radius 1 is 1.00 bits per heavy atom. The summed E-state index contributed by atoms with van der Waals surface area (Å²) in [6.07, 6.45) is 6.15. The van der Waals surface area contributed by atoms with Crippen LogP contribution in [0.2, 0.25) is 0 Å². The highest BCUT2D eigenvalue weighted by Gasteiger charge is 2.30. The van der Waals surface area contributed by atoms with E-state index in [0.717, 1.165) is 35.9 Å². The summed E-state index contributed by atoms with van der Waals surface area (Å²) in [6, 6.07) is 9.46. The molecule has 0 N–H and O–H groups in total. The lowest BCUT2D eigenvalue weighted by atomic mass is 10.2. The summed E-state index contributed by atoms with van der Waals surface area (Å²) >= 11 is 0. The molecule has 2 aromatic heterocycles. The van der Waals surface area contributed by atoms with E-state index in [1.165, 1.54) is 12.8 Å². The summed E-state index contributed by atoms with van der Waals surface area (Å²) in [5, 5.41) is 8.76. The summed E-state index contributed by atoms with van der Waals surface area (Å²) < 4.78 is 2.07. The Morgan fingerprint density at radius 3 is 2.50 bits per heavy atom. The monoisotopic (exact) mass is 348 g/mol. The second kappa shape index (κ2) is 6.09.